The van der Waals surface area contributed by atoms with Crippen molar-refractivity contribution in [3.8, 4) is 0 Å². The number of nitrogens with zero attached hydrogens (tertiary/aromatic N) is 2. The molecule has 1 aliphatic rings. The zero-order chi connectivity index (χ0) is 13.0. The van der Waals surface area contributed by atoms with Crippen LogP contribution in [0, 0.1) is 11.8 Å². The van der Waals surface area contributed by atoms with Gasteiger partial charge in [0.1, 0.15) is 0 Å². The van der Waals surface area contributed by atoms with E-state index in [4.69, 9.17) is 0 Å². The van der Waals surface area contributed by atoms with Gasteiger partial charge in [-0.25, -0.2) is 0 Å². The van der Waals surface area contributed by atoms with E-state index in [2.05, 4.69) is 29.9 Å². The van der Waals surface area contributed by atoms with Crippen LogP contribution in [0.25, 0.3) is 0 Å². The number of hydrogen-bond acceptors (Lipinski definition) is 3. The SMILES string of the molecule is CC1CCC(O)C(CN(C)Cc2cccnc2)C1. The third kappa shape index (κ3) is 3.79. The Bertz CT molecular complexity index is 355. The molecule has 1 N–H and O–H groups in total. The Morgan fingerprint density at radius 3 is 3.00 bits per heavy atom. The highest BCUT2D eigenvalue weighted by Gasteiger charge is 2.27. The fourth-order valence-corrected chi connectivity index (χ4v) is 2.95. The Kier molecular flexibility index (Phi) is 4.72. The van der Waals surface area contributed by atoms with Crippen LogP contribution in [0.1, 0.15) is 31.7 Å². The molecular formula is C15H24N2O. The number of aromatic nitrogens is 1. The first-order valence-electron chi connectivity index (χ1n) is 6.90. The molecule has 0 aliphatic heterocycles. The minimum Gasteiger partial charge on any atom is -0.393 e. The molecule has 3 heteroatoms. The first-order chi connectivity index (χ1) is 8.65. The summed E-state index contributed by atoms with van der Waals surface area (Å²) in [5, 5.41) is 10.1. The highest BCUT2D eigenvalue weighted by molar-refractivity contribution is 5.07. The molecule has 1 saturated carbocycles. The Labute approximate surface area is 110 Å². The summed E-state index contributed by atoms with van der Waals surface area (Å²) in [4.78, 5) is 6.43. The van der Waals surface area contributed by atoms with Gasteiger partial charge in [-0.3, -0.25) is 4.98 Å². The van der Waals surface area contributed by atoms with Crippen molar-refractivity contribution >= 4 is 0 Å². The molecule has 0 bridgehead atoms. The lowest BCUT2D eigenvalue weighted by Gasteiger charge is -2.34. The van der Waals surface area contributed by atoms with Crippen molar-refractivity contribution in [1.82, 2.24) is 9.88 Å². The molecular weight excluding hydrogens is 224 g/mol. The molecule has 100 valence electrons. The van der Waals surface area contributed by atoms with Gasteiger partial charge in [0.05, 0.1) is 6.10 Å². The molecule has 1 aromatic rings. The number of rotatable bonds is 4. The van der Waals surface area contributed by atoms with Gasteiger partial charge in [0.2, 0.25) is 0 Å². The second kappa shape index (κ2) is 6.30. The van der Waals surface area contributed by atoms with Crippen LogP contribution in [0.15, 0.2) is 24.5 Å². The van der Waals surface area contributed by atoms with Crippen molar-refractivity contribution in [2.24, 2.45) is 11.8 Å². The first kappa shape index (κ1) is 13.5. The summed E-state index contributed by atoms with van der Waals surface area (Å²) in [6, 6.07) is 4.07. The van der Waals surface area contributed by atoms with Gasteiger partial charge in [-0.15, -0.1) is 0 Å². The molecule has 18 heavy (non-hydrogen) atoms. The number of aliphatic hydroxyl groups is 1. The van der Waals surface area contributed by atoms with Crippen LogP contribution in [0.5, 0.6) is 0 Å². The highest BCUT2D eigenvalue weighted by Crippen LogP contribution is 2.29. The largest absolute Gasteiger partial charge is 0.393 e. The summed E-state index contributed by atoms with van der Waals surface area (Å²) >= 11 is 0. The Hall–Kier alpha value is -0.930. The quantitative estimate of drug-likeness (QED) is 0.888. The summed E-state index contributed by atoms with van der Waals surface area (Å²) in [7, 11) is 2.12. The van der Waals surface area contributed by atoms with Crippen molar-refractivity contribution in [3.63, 3.8) is 0 Å². The van der Waals surface area contributed by atoms with E-state index in [0.29, 0.717) is 5.92 Å². The molecule has 0 amide bonds. The Balaban J connectivity index is 1.85. The zero-order valence-electron chi connectivity index (χ0n) is 11.4. The average molecular weight is 248 g/mol. The average Bonchev–Trinajstić information content (AvgIpc) is 2.35. The lowest BCUT2D eigenvalue weighted by molar-refractivity contribution is 0.0337. The van der Waals surface area contributed by atoms with Gasteiger partial charge in [-0.1, -0.05) is 13.0 Å². The van der Waals surface area contributed by atoms with Crippen LogP contribution < -0.4 is 0 Å². The lowest BCUT2D eigenvalue weighted by Crippen LogP contribution is -2.36. The smallest absolute Gasteiger partial charge is 0.0580 e. The van der Waals surface area contributed by atoms with Crippen LogP contribution in [-0.2, 0) is 6.54 Å². The standard InChI is InChI=1S/C15H24N2O/c1-12-5-6-15(18)14(8-12)11-17(2)10-13-4-3-7-16-9-13/h3-4,7,9,12,14-15,18H,5-6,8,10-11H2,1-2H3. The molecule has 3 unspecified atom stereocenters. The van der Waals surface area contributed by atoms with E-state index in [1.165, 1.54) is 12.0 Å². The Morgan fingerprint density at radius 2 is 2.28 bits per heavy atom. The zero-order valence-corrected chi connectivity index (χ0v) is 11.4. The van der Waals surface area contributed by atoms with Gasteiger partial charge in [0, 0.05) is 25.5 Å². The van der Waals surface area contributed by atoms with Gasteiger partial charge in [-0.2, -0.15) is 0 Å². The molecule has 3 atom stereocenters. The molecule has 1 aliphatic carbocycles. The third-order valence-corrected chi connectivity index (χ3v) is 3.93. The maximum absolute atomic E-state index is 10.1. The van der Waals surface area contributed by atoms with Crippen LogP contribution in [0.3, 0.4) is 0 Å². The van der Waals surface area contributed by atoms with E-state index in [0.717, 1.165) is 31.8 Å². The summed E-state index contributed by atoms with van der Waals surface area (Å²) in [5.41, 5.74) is 1.23. The molecule has 1 heterocycles. The van der Waals surface area contributed by atoms with Gasteiger partial charge in [-0.05, 0) is 49.8 Å². The van der Waals surface area contributed by atoms with E-state index >= 15 is 0 Å². The second-order valence-electron chi connectivity index (χ2n) is 5.80. The van der Waals surface area contributed by atoms with Gasteiger partial charge in [0.15, 0.2) is 0 Å². The summed E-state index contributed by atoms with van der Waals surface area (Å²) in [5.74, 6) is 1.18. The monoisotopic (exact) mass is 248 g/mol. The van der Waals surface area contributed by atoms with E-state index in [1.54, 1.807) is 6.20 Å². The number of hydrogen-bond donors (Lipinski definition) is 1. The maximum Gasteiger partial charge on any atom is 0.0580 e. The van der Waals surface area contributed by atoms with Gasteiger partial charge in [0.25, 0.3) is 0 Å². The number of pyridine rings is 1. The molecule has 1 fully saturated rings. The predicted octanol–water partition coefficient (Wildman–Crippen LogP) is 2.31. The van der Waals surface area contributed by atoms with Crippen LogP contribution >= 0.6 is 0 Å². The minimum absolute atomic E-state index is 0.113. The van der Waals surface area contributed by atoms with Crippen molar-refractivity contribution in [2.75, 3.05) is 13.6 Å². The van der Waals surface area contributed by atoms with Crippen LogP contribution in [0.4, 0.5) is 0 Å². The first-order valence-corrected chi connectivity index (χ1v) is 6.90. The van der Waals surface area contributed by atoms with Crippen LogP contribution in [-0.4, -0.2) is 34.7 Å². The van der Waals surface area contributed by atoms with E-state index in [9.17, 15) is 5.11 Å². The third-order valence-electron chi connectivity index (χ3n) is 3.93. The normalized spacial score (nSPS) is 28.6. The van der Waals surface area contributed by atoms with E-state index < -0.39 is 0 Å². The van der Waals surface area contributed by atoms with Crippen molar-refractivity contribution in [2.45, 2.75) is 38.8 Å². The number of aliphatic hydroxyl groups excluding tert-OH is 1. The molecule has 3 nitrogen and oxygen atoms in total. The highest BCUT2D eigenvalue weighted by atomic mass is 16.3. The fourth-order valence-electron chi connectivity index (χ4n) is 2.95. The Morgan fingerprint density at radius 1 is 1.44 bits per heavy atom. The van der Waals surface area contributed by atoms with Crippen molar-refractivity contribution in [3.05, 3.63) is 30.1 Å². The fraction of sp³-hybridized carbons (Fsp3) is 0.667. The molecule has 0 aromatic carbocycles. The molecule has 0 radical (unpaired) electrons. The summed E-state index contributed by atoms with van der Waals surface area (Å²) in [6.45, 7) is 4.17. The summed E-state index contributed by atoms with van der Waals surface area (Å²) in [6.07, 6.45) is 6.89. The van der Waals surface area contributed by atoms with E-state index in [1.807, 2.05) is 12.3 Å². The summed E-state index contributed by atoms with van der Waals surface area (Å²) < 4.78 is 0. The predicted molar refractivity (Wildman–Crippen MR) is 73.1 cm³/mol. The minimum atomic E-state index is -0.113. The molecule has 1 aromatic heterocycles. The van der Waals surface area contributed by atoms with Gasteiger partial charge >= 0.3 is 0 Å². The van der Waals surface area contributed by atoms with Crippen molar-refractivity contribution < 1.29 is 5.11 Å². The van der Waals surface area contributed by atoms with Gasteiger partial charge < -0.3 is 10.0 Å². The second-order valence-corrected chi connectivity index (χ2v) is 5.80. The maximum atomic E-state index is 10.1. The molecule has 0 spiro atoms. The van der Waals surface area contributed by atoms with Crippen LogP contribution in [0.2, 0.25) is 0 Å². The molecule has 2 rings (SSSR count). The van der Waals surface area contributed by atoms with Crippen molar-refractivity contribution in [1.29, 1.82) is 0 Å². The topological polar surface area (TPSA) is 36.4 Å². The lowest BCUT2D eigenvalue weighted by atomic mass is 9.80. The molecule has 0 saturated heterocycles. The van der Waals surface area contributed by atoms with E-state index in [-0.39, 0.29) is 6.10 Å².